The molecule has 2 N–H and O–H groups in total. The van der Waals surface area contributed by atoms with Crippen molar-refractivity contribution in [2.24, 2.45) is 0 Å². The summed E-state index contributed by atoms with van der Waals surface area (Å²) in [6.45, 7) is 0. The number of nitrogens with zero attached hydrogens (tertiary/aromatic N) is 3. The van der Waals surface area contributed by atoms with E-state index in [-0.39, 0.29) is 11.6 Å². The Labute approximate surface area is 125 Å². The van der Waals surface area contributed by atoms with Crippen LogP contribution in [0, 0.1) is 11.0 Å². The average Bonchev–Trinajstić information content (AvgIpc) is 2.80. The van der Waals surface area contributed by atoms with Crippen molar-refractivity contribution < 1.29 is 14.8 Å². The molecule has 2 aromatic rings. The van der Waals surface area contributed by atoms with Crippen molar-refractivity contribution in [2.75, 3.05) is 10.0 Å². The van der Waals surface area contributed by atoms with Crippen LogP contribution in [0.2, 0.25) is 0 Å². The highest BCUT2D eigenvalue weighted by Crippen LogP contribution is 2.36. The number of quaternary nitrogens is 1. The standard InChI is InChI=1S/C15H13FN4O2/c16-12-5-1-3-10-6-7-13-15(21)18(11-4-2-8-17-9-11)20(22)19(13)14(10)12/h1-5,8-9,20-21H,6-7H2. The van der Waals surface area contributed by atoms with E-state index in [1.165, 1.54) is 17.3 Å². The van der Waals surface area contributed by atoms with E-state index < -0.39 is 11.1 Å². The van der Waals surface area contributed by atoms with E-state index in [2.05, 4.69) is 4.98 Å². The molecule has 0 saturated heterocycles. The van der Waals surface area contributed by atoms with E-state index >= 15 is 0 Å². The molecule has 7 heteroatoms. The van der Waals surface area contributed by atoms with E-state index in [1.54, 1.807) is 30.5 Å². The third kappa shape index (κ3) is 1.69. The zero-order valence-electron chi connectivity index (χ0n) is 11.5. The van der Waals surface area contributed by atoms with Gasteiger partial charge in [0.1, 0.15) is 17.1 Å². The molecule has 4 rings (SSSR count). The zero-order valence-corrected chi connectivity index (χ0v) is 11.5. The number of benzene rings is 1. The van der Waals surface area contributed by atoms with E-state index in [4.69, 9.17) is 0 Å². The first-order valence-electron chi connectivity index (χ1n) is 6.92. The van der Waals surface area contributed by atoms with Crippen molar-refractivity contribution in [3.8, 4) is 0 Å². The summed E-state index contributed by atoms with van der Waals surface area (Å²) in [4.78, 5) is 3.96. The second kappa shape index (κ2) is 4.69. The predicted octanol–water partition coefficient (Wildman–Crippen LogP) is 1.43. The number of aromatic nitrogens is 1. The number of allylic oxidation sites excluding steroid dienone is 1. The fourth-order valence-electron chi connectivity index (χ4n) is 2.97. The lowest BCUT2D eigenvalue weighted by molar-refractivity contribution is -0.854. The highest BCUT2D eigenvalue weighted by molar-refractivity contribution is 5.62. The first-order valence-corrected chi connectivity index (χ1v) is 6.92. The van der Waals surface area contributed by atoms with E-state index in [1.807, 2.05) is 0 Å². The van der Waals surface area contributed by atoms with Crippen LogP contribution in [0.15, 0.2) is 54.3 Å². The molecular formula is C15H13FN4O2. The smallest absolute Gasteiger partial charge is 0.267 e. The highest BCUT2D eigenvalue weighted by Gasteiger charge is 2.43. The molecule has 0 radical (unpaired) electrons. The van der Waals surface area contributed by atoms with Crippen LogP contribution in [0.1, 0.15) is 12.0 Å². The van der Waals surface area contributed by atoms with Gasteiger partial charge in [-0.05, 0) is 30.2 Å². The first kappa shape index (κ1) is 13.1. The predicted molar refractivity (Wildman–Crippen MR) is 77.9 cm³/mol. The van der Waals surface area contributed by atoms with Crippen molar-refractivity contribution in [3.05, 3.63) is 70.9 Å². The van der Waals surface area contributed by atoms with E-state index in [0.717, 1.165) is 10.6 Å². The second-order valence-corrected chi connectivity index (χ2v) is 5.18. The fourth-order valence-corrected chi connectivity index (χ4v) is 2.97. The maximum atomic E-state index is 14.2. The second-order valence-electron chi connectivity index (χ2n) is 5.18. The van der Waals surface area contributed by atoms with Gasteiger partial charge in [0.15, 0.2) is 5.82 Å². The van der Waals surface area contributed by atoms with Crippen LogP contribution in [0.5, 0.6) is 0 Å². The number of anilines is 2. The lowest BCUT2D eigenvalue weighted by atomic mass is 10.0. The molecular weight excluding hydrogens is 287 g/mol. The number of hydrogen-bond donors (Lipinski definition) is 2. The fraction of sp³-hybridized carbons (Fsp3) is 0.133. The molecule has 1 unspecified atom stereocenters. The van der Waals surface area contributed by atoms with Crippen molar-refractivity contribution in [3.63, 3.8) is 0 Å². The van der Waals surface area contributed by atoms with Crippen molar-refractivity contribution in [2.45, 2.75) is 12.8 Å². The minimum Gasteiger partial charge on any atom is -0.581 e. The van der Waals surface area contributed by atoms with E-state index in [9.17, 15) is 14.7 Å². The Balaban J connectivity index is 1.85. The summed E-state index contributed by atoms with van der Waals surface area (Å²) in [7, 11) is 0. The number of halogens is 1. The number of hydrogen-bond acceptors (Lipinski definition) is 5. The van der Waals surface area contributed by atoms with Crippen molar-refractivity contribution >= 4 is 11.4 Å². The molecule has 22 heavy (non-hydrogen) atoms. The molecule has 1 atom stereocenters. The molecule has 0 spiro atoms. The molecule has 0 bridgehead atoms. The molecule has 1 aromatic heterocycles. The number of rotatable bonds is 1. The number of para-hydroxylation sites is 1. The number of aryl methyl sites for hydroxylation is 1. The summed E-state index contributed by atoms with van der Waals surface area (Å²) >= 11 is 0. The van der Waals surface area contributed by atoms with Crippen LogP contribution < -0.4 is 15.3 Å². The summed E-state index contributed by atoms with van der Waals surface area (Å²) in [5, 5.41) is 25.1. The van der Waals surface area contributed by atoms with E-state index in [0.29, 0.717) is 24.2 Å². The Morgan fingerprint density at radius 2 is 2.05 bits per heavy atom. The number of pyridine rings is 1. The number of fused-ring (bicyclic) bond motifs is 3. The normalized spacial score (nSPS) is 20.2. The van der Waals surface area contributed by atoms with Gasteiger partial charge in [0.25, 0.3) is 5.88 Å². The summed E-state index contributed by atoms with van der Waals surface area (Å²) in [5.74, 6) is -0.629. The minimum absolute atomic E-state index is 0.160. The number of aliphatic hydroxyl groups is 1. The van der Waals surface area contributed by atoms with Gasteiger partial charge in [0, 0.05) is 12.6 Å². The van der Waals surface area contributed by atoms with Gasteiger partial charge in [-0.1, -0.05) is 12.1 Å². The molecule has 0 aliphatic carbocycles. The lowest BCUT2D eigenvalue weighted by Crippen LogP contribution is -3.19. The summed E-state index contributed by atoms with van der Waals surface area (Å²) in [5.41, 5.74) is 1.86. The molecule has 2 aliphatic heterocycles. The Bertz CT molecular complexity index is 765. The third-order valence-corrected chi connectivity index (χ3v) is 3.95. The minimum atomic E-state index is -0.494. The van der Waals surface area contributed by atoms with Gasteiger partial charge in [0.2, 0.25) is 0 Å². The molecule has 2 aliphatic rings. The Kier molecular flexibility index (Phi) is 2.78. The monoisotopic (exact) mass is 300 g/mol. The van der Waals surface area contributed by atoms with Crippen LogP contribution >= 0.6 is 0 Å². The Morgan fingerprint density at radius 1 is 1.18 bits per heavy atom. The van der Waals surface area contributed by atoms with Gasteiger partial charge in [-0.3, -0.25) is 4.98 Å². The maximum absolute atomic E-state index is 14.2. The summed E-state index contributed by atoms with van der Waals surface area (Å²) in [6, 6.07) is 8.09. The number of aliphatic hydroxyl groups excluding tert-OH is 1. The van der Waals surface area contributed by atoms with Gasteiger partial charge >= 0.3 is 0 Å². The van der Waals surface area contributed by atoms with Gasteiger partial charge in [0.05, 0.1) is 6.20 Å². The van der Waals surface area contributed by atoms with Gasteiger partial charge in [-0.15, -0.1) is 5.01 Å². The van der Waals surface area contributed by atoms with Crippen molar-refractivity contribution in [1.29, 1.82) is 0 Å². The SMILES string of the molecule is [O-][NH+]1N(c2cccnc2)C(O)=C2CCc3cccc(F)c3N21. The van der Waals surface area contributed by atoms with Gasteiger partial charge in [-0.2, -0.15) is 10.3 Å². The van der Waals surface area contributed by atoms with Gasteiger partial charge in [-0.25, -0.2) is 4.39 Å². The molecule has 112 valence electrons. The van der Waals surface area contributed by atoms with Crippen LogP contribution in [0.25, 0.3) is 0 Å². The Morgan fingerprint density at radius 3 is 2.82 bits per heavy atom. The van der Waals surface area contributed by atoms with Gasteiger partial charge < -0.3 is 10.3 Å². The van der Waals surface area contributed by atoms with Crippen molar-refractivity contribution in [1.82, 2.24) is 4.98 Å². The Hall–Kier alpha value is -2.64. The zero-order chi connectivity index (χ0) is 15.3. The number of nitrogens with one attached hydrogen (secondary N) is 1. The summed E-state index contributed by atoms with van der Waals surface area (Å²) in [6.07, 6.45) is 4.12. The molecule has 3 heterocycles. The molecule has 6 nitrogen and oxygen atoms in total. The van der Waals surface area contributed by atoms with Crippen LogP contribution in [0.3, 0.4) is 0 Å². The maximum Gasteiger partial charge on any atom is 0.267 e. The molecule has 0 fully saturated rings. The molecule has 1 aromatic carbocycles. The molecule has 0 amide bonds. The van der Waals surface area contributed by atoms with Crippen LogP contribution in [0.4, 0.5) is 15.8 Å². The highest BCUT2D eigenvalue weighted by atomic mass is 19.1. The van der Waals surface area contributed by atoms with Crippen LogP contribution in [-0.2, 0) is 6.42 Å². The quantitative estimate of drug-likeness (QED) is 0.780. The average molecular weight is 300 g/mol. The summed E-state index contributed by atoms with van der Waals surface area (Å²) < 4.78 is 14.2. The molecule has 0 saturated carbocycles. The topological polar surface area (TPSA) is 67.1 Å². The van der Waals surface area contributed by atoms with Crippen LogP contribution in [-0.4, -0.2) is 10.1 Å². The largest absolute Gasteiger partial charge is 0.581 e. The third-order valence-electron chi connectivity index (χ3n) is 3.95. The lowest BCUT2D eigenvalue weighted by Gasteiger charge is -2.36. The first-order chi connectivity index (χ1) is 10.7.